The SMILES string of the molecule is COC(=O)Cc1nc(Nc2ccccc2)sc1C. The second kappa shape index (κ2) is 5.64. The second-order valence-corrected chi connectivity index (χ2v) is 4.97. The van der Waals surface area contributed by atoms with E-state index in [1.165, 1.54) is 18.4 Å². The molecule has 0 saturated carbocycles. The summed E-state index contributed by atoms with van der Waals surface area (Å²) in [6.45, 7) is 1.95. The van der Waals surface area contributed by atoms with Crippen LogP contribution in [0.1, 0.15) is 10.6 Å². The number of carbonyl (C=O) groups is 1. The van der Waals surface area contributed by atoms with E-state index in [9.17, 15) is 4.79 Å². The van der Waals surface area contributed by atoms with Gasteiger partial charge >= 0.3 is 5.97 Å². The van der Waals surface area contributed by atoms with Crippen molar-refractivity contribution in [3.05, 3.63) is 40.9 Å². The molecule has 1 N–H and O–H groups in total. The number of hydrogen-bond donors (Lipinski definition) is 1. The quantitative estimate of drug-likeness (QED) is 0.861. The first-order chi connectivity index (χ1) is 8.69. The molecule has 0 bridgehead atoms. The van der Waals surface area contributed by atoms with Crippen molar-refractivity contribution in [2.45, 2.75) is 13.3 Å². The van der Waals surface area contributed by atoms with Gasteiger partial charge in [0, 0.05) is 10.6 Å². The molecule has 0 fully saturated rings. The van der Waals surface area contributed by atoms with Gasteiger partial charge in [-0.05, 0) is 19.1 Å². The van der Waals surface area contributed by atoms with Crippen LogP contribution in [0.3, 0.4) is 0 Å². The summed E-state index contributed by atoms with van der Waals surface area (Å²) in [6, 6.07) is 9.81. The van der Waals surface area contributed by atoms with Crippen molar-refractivity contribution in [3.8, 4) is 0 Å². The number of benzene rings is 1. The third-order valence-corrected chi connectivity index (χ3v) is 3.39. The fraction of sp³-hybridized carbons (Fsp3) is 0.231. The molecule has 0 spiro atoms. The summed E-state index contributed by atoms with van der Waals surface area (Å²) in [4.78, 5) is 16.6. The summed E-state index contributed by atoms with van der Waals surface area (Å²) in [7, 11) is 1.38. The molecule has 0 unspecified atom stereocenters. The van der Waals surface area contributed by atoms with Crippen LogP contribution >= 0.6 is 11.3 Å². The minimum absolute atomic E-state index is 0.218. The van der Waals surface area contributed by atoms with Crippen LogP contribution in [-0.2, 0) is 16.0 Å². The largest absolute Gasteiger partial charge is 0.469 e. The van der Waals surface area contributed by atoms with Gasteiger partial charge in [0.25, 0.3) is 0 Å². The van der Waals surface area contributed by atoms with Gasteiger partial charge in [0.1, 0.15) is 0 Å². The summed E-state index contributed by atoms with van der Waals surface area (Å²) < 4.78 is 4.64. The molecule has 1 aromatic heterocycles. The number of ether oxygens (including phenoxy) is 1. The predicted molar refractivity (Wildman–Crippen MR) is 72.3 cm³/mol. The van der Waals surface area contributed by atoms with E-state index >= 15 is 0 Å². The van der Waals surface area contributed by atoms with Crippen LogP contribution in [0, 0.1) is 6.92 Å². The smallest absolute Gasteiger partial charge is 0.311 e. The fourth-order valence-corrected chi connectivity index (χ4v) is 2.35. The zero-order valence-corrected chi connectivity index (χ0v) is 11.1. The van der Waals surface area contributed by atoms with Gasteiger partial charge in [0.15, 0.2) is 5.13 Å². The van der Waals surface area contributed by atoms with Crippen molar-refractivity contribution in [2.24, 2.45) is 0 Å². The van der Waals surface area contributed by atoms with Gasteiger partial charge in [-0.2, -0.15) is 0 Å². The molecule has 2 aromatic rings. The number of nitrogens with one attached hydrogen (secondary N) is 1. The highest BCUT2D eigenvalue weighted by Crippen LogP contribution is 2.25. The van der Waals surface area contributed by atoms with Gasteiger partial charge in [-0.15, -0.1) is 11.3 Å². The van der Waals surface area contributed by atoms with Crippen LogP contribution < -0.4 is 5.32 Å². The summed E-state index contributed by atoms with van der Waals surface area (Å²) in [6.07, 6.45) is 0.218. The number of rotatable bonds is 4. The van der Waals surface area contributed by atoms with E-state index in [1.54, 1.807) is 0 Å². The van der Waals surface area contributed by atoms with Gasteiger partial charge in [-0.1, -0.05) is 18.2 Å². The van der Waals surface area contributed by atoms with Gasteiger partial charge in [0.05, 0.1) is 19.2 Å². The zero-order valence-electron chi connectivity index (χ0n) is 10.3. The first kappa shape index (κ1) is 12.6. The maximum absolute atomic E-state index is 11.2. The summed E-state index contributed by atoms with van der Waals surface area (Å²) in [5.41, 5.74) is 1.75. The van der Waals surface area contributed by atoms with Crippen LogP contribution in [-0.4, -0.2) is 18.1 Å². The summed E-state index contributed by atoms with van der Waals surface area (Å²) >= 11 is 1.53. The molecule has 0 radical (unpaired) electrons. The first-order valence-corrected chi connectivity index (χ1v) is 6.36. The van der Waals surface area contributed by atoms with Gasteiger partial charge in [-0.25, -0.2) is 4.98 Å². The third kappa shape index (κ3) is 3.07. The molecule has 4 nitrogen and oxygen atoms in total. The lowest BCUT2D eigenvalue weighted by Gasteiger charge is -2.00. The Bertz CT molecular complexity index is 537. The number of anilines is 2. The molecule has 0 aliphatic heterocycles. The van der Waals surface area contributed by atoms with Crippen LogP contribution in [0.4, 0.5) is 10.8 Å². The average Bonchev–Trinajstić information content (AvgIpc) is 2.70. The van der Waals surface area contributed by atoms with Crippen LogP contribution in [0.5, 0.6) is 0 Å². The van der Waals surface area contributed by atoms with Crippen molar-refractivity contribution in [2.75, 3.05) is 12.4 Å². The van der Waals surface area contributed by atoms with Crippen LogP contribution in [0.15, 0.2) is 30.3 Å². The Balaban J connectivity index is 2.11. The molecule has 94 valence electrons. The minimum Gasteiger partial charge on any atom is -0.469 e. The highest BCUT2D eigenvalue weighted by Gasteiger charge is 2.12. The predicted octanol–water partition coefficient (Wildman–Crippen LogP) is 2.91. The lowest BCUT2D eigenvalue weighted by atomic mass is 10.3. The Labute approximate surface area is 110 Å². The van der Waals surface area contributed by atoms with Crippen molar-refractivity contribution in [3.63, 3.8) is 0 Å². The lowest BCUT2D eigenvalue weighted by molar-refractivity contribution is -0.139. The lowest BCUT2D eigenvalue weighted by Crippen LogP contribution is -2.05. The van der Waals surface area contributed by atoms with E-state index in [-0.39, 0.29) is 12.4 Å². The standard InChI is InChI=1S/C13H14N2O2S/c1-9-11(8-12(16)17-2)15-13(18-9)14-10-6-4-3-5-7-10/h3-7H,8H2,1-2H3,(H,14,15). The number of nitrogens with zero attached hydrogens (tertiary/aromatic N) is 1. The fourth-order valence-electron chi connectivity index (χ4n) is 1.50. The summed E-state index contributed by atoms with van der Waals surface area (Å²) in [5, 5.41) is 4.00. The molecule has 5 heteroatoms. The molecular weight excluding hydrogens is 248 g/mol. The maximum atomic E-state index is 11.2. The molecule has 1 heterocycles. The van der Waals surface area contributed by atoms with Gasteiger partial charge in [0.2, 0.25) is 0 Å². The van der Waals surface area contributed by atoms with Crippen molar-refractivity contribution in [1.29, 1.82) is 0 Å². The molecule has 0 atom stereocenters. The van der Waals surface area contributed by atoms with E-state index in [2.05, 4.69) is 15.0 Å². The number of hydrogen-bond acceptors (Lipinski definition) is 5. The summed E-state index contributed by atoms with van der Waals surface area (Å²) in [5.74, 6) is -0.269. The molecule has 0 aliphatic carbocycles. The van der Waals surface area contributed by atoms with E-state index in [1.807, 2.05) is 37.3 Å². The molecule has 0 aliphatic rings. The Morgan fingerprint density at radius 3 is 2.78 bits per heavy atom. The van der Waals surface area contributed by atoms with Crippen LogP contribution in [0.2, 0.25) is 0 Å². The topological polar surface area (TPSA) is 51.2 Å². The van der Waals surface area contributed by atoms with Crippen molar-refractivity contribution >= 4 is 28.1 Å². The first-order valence-electron chi connectivity index (χ1n) is 5.54. The molecule has 2 rings (SSSR count). The Kier molecular flexibility index (Phi) is 3.94. The third-order valence-electron chi connectivity index (χ3n) is 2.46. The molecule has 18 heavy (non-hydrogen) atoms. The highest BCUT2D eigenvalue weighted by atomic mass is 32.1. The van der Waals surface area contributed by atoms with Gasteiger partial charge < -0.3 is 10.1 Å². The zero-order chi connectivity index (χ0) is 13.0. The van der Waals surface area contributed by atoms with Crippen molar-refractivity contribution in [1.82, 2.24) is 4.98 Å². The molecule has 0 saturated heterocycles. The number of aromatic nitrogens is 1. The number of para-hydroxylation sites is 1. The van der Waals surface area contributed by atoms with Crippen LogP contribution in [0.25, 0.3) is 0 Å². The van der Waals surface area contributed by atoms with E-state index < -0.39 is 0 Å². The van der Waals surface area contributed by atoms with E-state index in [0.717, 1.165) is 21.4 Å². The van der Waals surface area contributed by atoms with Crippen molar-refractivity contribution < 1.29 is 9.53 Å². The molecule has 1 aromatic carbocycles. The van der Waals surface area contributed by atoms with E-state index in [0.29, 0.717) is 0 Å². The van der Waals surface area contributed by atoms with Gasteiger partial charge in [-0.3, -0.25) is 4.79 Å². The second-order valence-electron chi connectivity index (χ2n) is 3.77. The Morgan fingerprint density at radius 1 is 1.39 bits per heavy atom. The highest BCUT2D eigenvalue weighted by molar-refractivity contribution is 7.15. The average molecular weight is 262 g/mol. The number of aryl methyl sites for hydroxylation is 1. The number of thiazole rings is 1. The van der Waals surface area contributed by atoms with E-state index in [4.69, 9.17) is 0 Å². The molecular formula is C13H14N2O2S. The maximum Gasteiger partial charge on any atom is 0.311 e. The monoisotopic (exact) mass is 262 g/mol. The Hall–Kier alpha value is -1.88. The number of methoxy groups -OCH3 is 1. The minimum atomic E-state index is -0.269. The normalized spacial score (nSPS) is 10.1. The number of carbonyl (C=O) groups excluding carboxylic acids is 1. The molecule has 0 amide bonds. The Morgan fingerprint density at radius 2 is 2.11 bits per heavy atom. The number of esters is 1.